The SMILES string of the molecule is O=C(O)CC1(CC(=O)Nc2cnoc2)CCCCC1. The highest BCUT2D eigenvalue weighted by Gasteiger charge is 2.36. The normalized spacial score (nSPS) is 17.9. The van der Waals surface area contributed by atoms with Crippen LogP contribution in [0.1, 0.15) is 44.9 Å². The van der Waals surface area contributed by atoms with Crippen molar-refractivity contribution in [3.05, 3.63) is 12.5 Å². The zero-order valence-electron chi connectivity index (χ0n) is 10.7. The van der Waals surface area contributed by atoms with E-state index in [1.807, 2.05) is 0 Å². The van der Waals surface area contributed by atoms with Gasteiger partial charge in [0.1, 0.15) is 12.0 Å². The largest absolute Gasteiger partial charge is 0.481 e. The van der Waals surface area contributed by atoms with Gasteiger partial charge in [0, 0.05) is 6.42 Å². The molecule has 0 spiro atoms. The Morgan fingerprint density at radius 2 is 2.05 bits per heavy atom. The number of nitrogens with zero attached hydrogens (tertiary/aromatic N) is 1. The van der Waals surface area contributed by atoms with Crippen LogP contribution < -0.4 is 5.32 Å². The molecule has 19 heavy (non-hydrogen) atoms. The lowest BCUT2D eigenvalue weighted by atomic mass is 9.69. The molecule has 0 aliphatic heterocycles. The number of hydrogen-bond acceptors (Lipinski definition) is 4. The summed E-state index contributed by atoms with van der Waals surface area (Å²) in [6, 6.07) is 0. The third-order valence-electron chi connectivity index (χ3n) is 3.69. The molecule has 1 aromatic heterocycles. The highest BCUT2D eigenvalue weighted by Crippen LogP contribution is 2.42. The van der Waals surface area contributed by atoms with Crippen LogP contribution in [0.25, 0.3) is 0 Å². The molecule has 0 saturated heterocycles. The molecular formula is C13H18N2O4. The number of carbonyl (C=O) groups is 2. The van der Waals surface area contributed by atoms with Gasteiger partial charge in [0.2, 0.25) is 5.91 Å². The first-order valence-electron chi connectivity index (χ1n) is 6.51. The Hall–Kier alpha value is -1.85. The van der Waals surface area contributed by atoms with Crippen molar-refractivity contribution in [1.29, 1.82) is 0 Å². The van der Waals surface area contributed by atoms with Crippen LogP contribution in [0.3, 0.4) is 0 Å². The summed E-state index contributed by atoms with van der Waals surface area (Å²) in [7, 11) is 0. The molecule has 1 fully saturated rings. The quantitative estimate of drug-likeness (QED) is 0.853. The van der Waals surface area contributed by atoms with Crippen LogP contribution in [-0.4, -0.2) is 22.1 Å². The Morgan fingerprint density at radius 1 is 1.32 bits per heavy atom. The van der Waals surface area contributed by atoms with Gasteiger partial charge in [-0.15, -0.1) is 0 Å². The van der Waals surface area contributed by atoms with E-state index in [0.717, 1.165) is 32.1 Å². The monoisotopic (exact) mass is 266 g/mol. The molecule has 0 bridgehead atoms. The van der Waals surface area contributed by atoms with E-state index in [4.69, 9.17) is 5.11 Å². The number of carboxylic acid groups (broad SMARTS) is 1. The van der Waals surface area contributed by atoms with E-state index in [2.05, 4.69) is 15.0 Å². The maximum absolute atomic E-state index is 12.0. The fourth-order valence-corrected chi connectivity index (χ4v) is 2.85. The summed E-state index contributed by atoms with van der Waals surface area (Å²) in [6.07, 6.45) is 7.78. The number of hydrogen-bond donors (Lipinski definition) is 2. The van der Waals surface area contributed by atoms with Crippen LogP contribution in [0.4, 0.5) is 5.69 Å². The Bertz CT molecular complexity index is 436. The van der Waals surface area contributed by atoms with E-state index in [0.29, 0.717) is 5.69 Å². The molecule has 2 N–H and O–H groups in total. The first-order chi connectivity index (χ1) is 9.10. The van der Waals surface area contributed by atoms with Gasteiger partial charge in [-0.3, -0.25) is 9.59 Å². The second-order valence-corrected chi connectivity index (χ2v) is 5.27. The minimum Gasteiger partial charge on any atom is -0.481 e. The summed E-state index contributed by atoms with van der Waals surface area (Å²) in [5, 5.41) is 15.2. The number of carboxylic acids is 1. The summed E-state index contributed by atoms with van der Waals surface area (Å²) in [5.41, 5.74) is 0.108. The van der Waals surface area contributed by atoms with Gasteiger partial charge in [0.05, 0.1) is 12.6 Å². The molecule has 0 aromatic carbocycles. The molecule has 0 atom stereocenters. The van der Waals surface area contributed by atoms with Gasteiger partial charge in [-0.2, -0.15) is 0 Å². The lowest BCUT2D eigenvalue weighted by Gasteiger charge is -2.35. The molecule has 1 saturated carbocycles. The lowest BCUT2D eigenvalue weighted by Crippen LogP contribution is -2.32. The first-order valence-corrected chi connectivity index (χ1v) is 6.51. The number of aliphatic carboxylic acids is 1. The maximum atomic E-state index is 12.0. The highest BCUT2D eigenvalue weighted by molar-refractivity contribution is 5.91. The molecule has 0 radical (unpaired) electrons. The summed E-state index contributed by atoms with van der Waals surface area (Å²) < 4.78 is 4.64. The van der Waals surface area contributed by atoms with Crippen LogP contribution in [0.2, 0.25) is 0 Å². The average Bonchev–Trinajstić information content (AvgIpc) is 2.81. The van der Waals surface area contributed by atoms with Gasteiger partial charge < -0.3 is 14.9 Å². The molecule has 1 aromatic rings. The van der Waals surface area contributed by atoms with Gasteiger partial charge in [0.25, 0.3) is 0 Å². The van der Waals surface area contributed by atoms with E-state index in [1.165, 1.54) is 12.5 Å². The molecule has 1 amide bonds. The van der Waals surface area contributed by atoms with Crippen molar-refractivity contribution in [1.82, 2.24) is 5.16 Å². The van der Waals surface area contributed by atoms with E-state index in [-0.39, 0.29) is 18.7 Å². The van der Waals surface area contributed by atoms with Crippen LogP contribution in [-0.2, 0) is 9.59 Å². The number of aromatic nitrogens is 1. The van der Waals surface area contributed by atoms with Gasteiger partial charge in [0.15, 0.2) is 0 Å². The van der Waals surface area contributed by atoms with Gasteiger partial charge in [-0.1, -0.05) is 24.4 Å². The van der Waals surface area contributed by atoms with E-state index in [1.54, 1.807) is 0 Å². The minimum atomic E-state index is -0.834. The summed E-state index contributed by atoms with van der Waals surface area (Å²) in [4.78, 5) is 23.0. The molecular weight excluding hydrogens is 248 g/mol. The van der Waals surface area contributed by atoms with E-state index >= 15 is 0 Å². The zero-order chi connectivity index (χ0) is 13.7. The molecule has 0 unspecified atom stereocenters. The van der Waals surface area contributed by atoms with Crippen molar-refractivity contribution < 1.29 is 19.2 Å². The van der Waals surface area contributed by atoms with E-state index in [9.17, 15) is 9.59 Å². The Morgan fingerprint density at radius 3 is 2.63 bits per heavy atom. The predicted octanol–water partition coefficient (Wildman–Crippen LogP) is 2.43. The van der Waals surface area contributed by atoms with Crippen LogP contribution in [0.15, 0.2) is 17.0 Å². The van der Waals surface area contributed by atoms with Gasteiger partial charge in [-0.25, -0.2) is 0 Å². The molecule has 1 aliphatic carbocycles. The average molecular weight is 266 g/mol. The number of nitrogens with one attached hydrogen (secondary N) is 1. The van der Waals surface area contributed by atoms with Crippen molar-refractivity contribution in [2.45, 2.75) is 44.9 Å². The molecule has 104 valence electrons. The van der Waals surface area contributed by atoms with Crippen molar-refractivity contribution in [3.63, 3.8) is 0 Å². The van der Waals surface area contributed by atoms with Crippen LogP contribution in [0, 0.1) is 5.41 Å². The molecule has 6 heteroatoms. The second-order valence-electron chi connectivity index (χ2n) is 5.27. The number of carbonyl (C=O) groups excluding carboxylic acids is 1. The Kier molecular flexibility index (Phi) is 4.19. The van der Waals surface area contributed by atoms with E-state index < -0.39 is 11.4 Å². The summed E-state index contributed by atoms with van der Waals surface area (Å²) >= 11 is 0. The minimum absolute atomic E-state index is 0.0596. The third-order valence-corrected chi connectivity index (χ3v) is 3.69. The summed E-state index contributed by atoms with van der Waals surface area (Å²) in [6.45, 7) is 0. The second kappa shape index (κ2) is 5.86. The van der Waals surface area contributed by atoms with Crippen molar-refractivity contribution >= 4 is 17.6 Å². The molecule has 2 rings (SSSR count). The zero-order valence-corrected chi connectivity index (χ0v) is 10.7. The number of amides is 1. The van der Waals surface area contributed by atoms with Gasteiger partial charge in [-0.05, 0) is 18.3 Å². The Labute approximate surface area is 111 Å². The van der Waals surface area contributed by atoms with Crippen molar-refractivity contribution in [2.24, 2.45) is 5.41 Å². The first kappa shape index (κ1) is 13.6. The summed E-state index contributed by atoms with van der Waals surface area (Å²) in [5.74, 6) is -1.01. The van der Waals surface area contributed by atoms with Gasteiger partial charge >= 0.3 is 5.97 Å². The van der Waals surface area contributed by atoms with Crippen LogP contribution >= 0.6 is 0 Å². The predicted molar refractivity (Wildman–Crippen MR) is 67.5 cm³/mol. The Balaban J connectivity index is 1.98. The van der Waals surface area contributed by atoms with Crippen molar-refractivity contribution in [3.8, 4) is 0 Å². The maximum Gasteiger partial charge on any atom is 0.303 e. The number of anilines is 1. The topological polar surface area (TPSA) is 92.4 Å². The van der Waals surface area contributed by atoms with Crippen LogP contribution in [0.5, 0.6) is 0 Å². The smallest absolute Gasteiger partial charge is 0.303 e. The fraction of sp³-hybridized carbons (Fsp3) is 0.615. The molecule has 6 nitrogen and oxygen atoms in total. The molecule has 1 aliphatic rings. The van der Waals surface area contributed by atoms with Crippen molar-refractivity contribution in [2.75, 3.05) is 5.32 Å². The highest BCUT2D eigenvalue weighted by atomic mass is 16.5. The number of rotatable bonds is 5. The third kappa shape index (κ3) is 3.81. The standard InChI is InChI=1S/C13H18N2O4/c16-11(15-10-8-14-19-9-10)6-13(7-12(17)18)4-2-1-3-5-13/h8-9H,1-7H2,(H,15,16)(H,17,18). The molecule has 1 heterocycles. The lowest BCUT2D eigenvalue weighted by molar-refractivity contribution is -0.140. The fourth-order valence-electron chi connectivity index (χ4n) is 2.85.